The molecule has 1 aliphatic rings. The molecule has 0 aliphatic heterocycles. The Kier molecular flexibility index (Phi) is 2.87. The average molecular weight is 275 g/mol. The van der Waals surface area contributed by atoms with Crippen LogP contribution < -0.4 is 5.32 Å². The Hall–Kier alpha value is -0.0500. The molecule has 0 amide bonds. The predicted octanol–water partition coefficient (Wildman–Crippen LogP) is 3.40. The summed E-state index contributed by atoms with van der Waals surface area (Å²) in [4.78, 5) is 0. The van der Waals surface area contributed by atoms with Crippen molar-refractivity contribution in [3.8, 4) is 0 Å². The molecule has 14 heavy (non-hydrogen) atoms. The third kappa shape index (κ3) is 2.30. The second-order valence-electron chi connectivity index (χ2n) is 3.98. The van der Waals surface area contributed by atoms with Gasteiger partial charge in [-0.1, -0.05) is 27.5 Å². The fraction of sp³-hybridized carbons (Fsp3) is 0.455. The van der Waals surface area contributed by atoms with Crippen molar-refractivity contribution in [1.29, 1.82) is 0 Å². The molecule has 1 N–H and O–H groups in total. The van der Waals surface area contributed by atoms with Crippen molar-refractivity contribution < 1.29 is 0 Å². The second kappa shape index (κ2) is 3.84. The summed E-state index contributed by atoms with van der Waals surface area (Å²) in [7, 11) is 2.03. The molecule has 1 aliphatic carbocycles. The molecule has 1 nitrogen and oxygen atoms in total. The van der Waals surface area contributed by atoms with Crippen LogP contribution in [0.1, 0.15) is 18.4 Å². The number of nitrogens with one attached hydrogen (secondary N) is 1. The number of hydrogen-bond acceptors (Lipinski definition) is 1. The van der Waals surface area contributed by atoms with Crippen molar-refractivity contribution >= 4 is 27.5 Å². The van der Waals surface area contributed by atoms with Crippen LogP contribution >= 0.6 is 27.5 Å². The molecule has 0 spiro atoms. The lowest BCUT2D eigenvalue weighted by molar-refractivity contribution is 0.548. The summed E-state index contributed by atoms with van der Waals surface area (Å²) >= 11 is 9.45. The minimum absolute atomic E-state index is 0.351. The molecule has 0 atom stereocenters. The standard InChI is InChI=1S/C11H13BrClN/c1-14-11(2-3-11)7-8-4-9(12)6-10(13)5-8/h4-6,14H,2-3,7H2,1H3. The Bertz CT molecular complexity index is 327. The molecule has 1 aromatic carbocycles. The van der Waals surface area contributed by atoms with Gasteiger partial charge in [0.25, 0.3) is 0 Å². The number of likely N-dealkylation sites (N-methyl/N-ethyl adjacent to an activating group) is 1. The molecule has 76 valence electrons. The highest BCUT2D eigenvalue weighted by Gasteiger charge is 2.40. The maximum atomic E-state index is 5.99. The first kappa shape index (κ1) is 10.5. The van der Waals surface area contributed by atoms with Crippen LogP contribution in [0.15, 0.2) is 22.7 Å². The van der Waals surface area contributed by atoms with E-state index in [0.717, 1.165) is 15.9 Å². The maximum Gasteiger partial charge on any atom is 0.0419 e. The molecule has 0 heterocycles. The lowest BCUT2D eigenvalue weighted by Gasteiger charge is -2.14. The van der Waals surface area contributed by atoms with Crippen molar-refractivity contribution in [3.05, 3.63) is 33.3 Å². The highest BCUT2D eigenvalue weighted by Crippen LogP contribution is 2.38. The van der Waals surface area contributed by atoms with Gasteiger partial charge in [0.15, 0.2) is 0 Å². The molecule has 3 heteroatoms. The zero-order valence-electron chi connectivity index (χ0n) is 8.11. The van der Waals surface area contributed by atoms with Crippen molar-refractivity contribution in [1.82, 2.24) is 5.32 Å². The Labute approximate surface area is 98.0 Å². The van der Waals surface area contributed by atoms with E-state index in [1.165, 1.54) is 18.4 Å². The number of hydrogen-bond donors (Lipinski definition) is 1. The van der Waals surface area contributed by atoms with E-state index in [2.05, 4.69) is 27.3 Å². The van der Waals surface area contributed by atoms with E-state index < -0.39 is 0 Å². The molecule has 0 saturated heterocycles. The van der Waals surface area contributed by atoms with Gasteiger partial charge >= 0.3 is 0 Å². The van der Waals surface area contributed by atoms with E-state index in [4.69, 9.17) is 11.6 Å². The maximum absolute atomic E-state index is 5.99. The first-order valence-corrected chi connectivity index (χ1v) is 5.95. The number of halogens is 2. The summed E-state index contributed by atoms with van der Waals surface area (Å²) in [6.07, 6.45) is 3.62. The van der Waals surface area contributed by atoms with E-state index in [1.54, 1.807) is 0 Å². The molecule has 0 radical (unpaired) electrons. The van der Waals surface area contributed by atoms with Crippen LogP contribution in [0.25, 0.3) is 0 Å². The molecular weight excluding hydrogens is 261 g/mol. The van der Waals surface area contributed by atoms with Crippen molar-refractivity contribution in [2.75, 3.05) is 7.05 Å². The summed E-state index contributed by atoms with van der Waals surface area (Å²) in [5.41, 5.74) is 1.65. The first-order valence-electron chi connectivity index (χ1n) is 4.77. The smallest absolute Gasteiger partial charge is 0.0419 e. The van der Waals surface area contributed by atoms with Crippen molar-refractivity contribution in [2.45, 2.75) is 24.8 Å². The van der Waals surface area contributed by atoms with Crippen molar-refractivity contribution in [2.24, 2.45) is 0 Å². The minimum Gasteiger partial charge on any atom is -0.314 e. The molecule has 2 rings (SSSR count). The van der Waals surface area contributed by atoms with Gasteiger partial charge in [0.1, 0.15) is 0 Å². The summed E-state index contributed by atoms with van der Waals surface area (Å²) in [5, 5.41) is 4.19. The van der Waals surface area contributed by atoms with Gasteiger partial charge < -0.3 is 5.32 Å². The van der Waals surface area contributed by atoms with Crippen LogP contribution in [0, 0.1) is 0 Å². The van der Waals surface area contributed by atoms with Gasteiger partial charge in [-0.3, -0.25) is 0 Å². The van der Waals surface area contributed by atoms with E-state index in [1.807, 2.05) is 19.2 Å². The molecular formula is C11H13BrClN. The Morgan fingerprint density at radius 2 is 2.14 bits per heavy atom. The van der Waals surface area contributed by atoms with Gasteiger partial charge in [0.05, 0.1) is 0 Å². The van der Waals surface area contributed by atoms with Gasteiger partial charge in [0.2, 0.25) is 0 Å². The number of rotatable bonds is 3. The largest absolute Gasteiger partial charge is 0.314 e. The summed E-state index contributed by atoms with van der Waals surface area (Å²) in [6.45, 7) is 0. The highest BCUT2D eigenvalue weighted by molar-refractivity contribution is 9.10. The van der Waals surface area contributed by atoms with E-state index in [0.29, 0.717) is 5.54 Å². The third-order valence-corrected chi connectivity index (χ3v) is 3.52. The third-order valence-electron chi connectivity index (χ3n) is 2.85. The molecule has 0 aromatic heterocycles. The molecule has 0 unspecified atom stereocenters. The average Bonchev–Trinajstić information content (AvgIpc) is 2.83. The zero-order valence-corrected chi connectivity index (χ0v) is 10.5. The Morgan fingerprint density at radius 1 is 1.43 bits per heavy atom. The topological polar surface area (TPSA) is 12.0 Å². The van der Waals surface area contributed by atoms with Gasteiger partial charge in [-0.05, 0) is 50.1 Å². The normalized spacial score (nSPS) is 18.2. The molecule has 1 fully saturated rings. The number of benzene rings is 1. The van der Waals surface area contributed by atoms with Gasteiger partial charge in [0, 0.05) is 15.0 Å². The molecule has 1 aromatic rings. The van der Waals surface area contributed by atoms with Crippen molar-refractivity contribution in [3.63, 3.8) is 0 Å². The van der Waals surface area contributed by atoms with Crippen LogP contribution in [0.2, 0.25) is 5.02 Å². The van der Waals surface area contributed by atoms with Gasteiger partial charge in [-0.15, -0.1) is 0 Å². The lowest BCUT2D eigenvalue weighted by atomic mass is 10.0. The zero-order chi connectivity index (χ0) is 10.2. The lowest BCUT2D eigenvalue weighted by Crippen LogP contribution is -2.29. The fourth-order valence-electron chi connectivity index (χ4n) is 1.77. The van der Waals surface area contributed by atoms with Gasteiger partial charge in [-0.2, -0.15) is 0 Å². The quantitative estimate of drug-likeness (QED) is 0.891. The summed E-state index contributed by atoms with van der Waals surface area (Å²) in [5.74, 6) is 0. The van der Waals surface area contributed by atoms with Crippen LogP contribution in [0.4, 0.5) is 0 Å². The van der Waals surface area contributed by atoms with E-state index in [9.17, 15) is 0 Å². The monoisotopic (exact) mass is 273 g/mol. The van der Waals surface area contributed by atoms with Crippen LogP contribution in [-0.2, 0) is 6.42 Å². The molecule has 0 bridgehead atoms. The fourth-order valence-corrected chi connectivity index (χ4v) is 2.70. The van der Waals surface area contributed by atoms with Crippen LogP contribution in [-0.4, -0.2) is 12.6 Å². The Balaban J connectivity index is 2.16. The van der Waals surface area contributed by atoms with Gasteiger partial charge in [-0.25, -0.2) is 0 Å². The van der Waals surface area contributed by atoms with E-state index in [-0.39, 0.29) is 0 Å². The first-order chi connectivity index (χ1) is 6.63. The van der Waals surface area contributed by atoms with E-state index >= 15 is 0 Å². The SMILES string of the molecule is CNC1(Cc2cc(Cl)cc(Br)c2)CC1. The summed E-state index contributed by atoms with van der Waals surface area (Å²) in [6, 6.07) is 6.11. The van der Waals surface area contributed by atoms with Crippen LogP contribution in [0.3, 0.4) is 0 Å². The predicted molar refractivity (Wildman–Crippen MR) is 63.9 cm³/mol. The highest BCUT2D eigenvalue weighted by atomic mass is 79.9. The van der Waals surface area contributed by atoms with Crippen LogP contribution in [0.5, 0.6) is 0 Å². The second-order valence-corrected chi connectivity index (χ2v) is 5.34. The summed E-state index contributed by atoms with van der Waals surface area (Å²) < 4.78 is 1.06. The molecule has 1 saturated carbocycles. The Morgan fingerprint density at radius 3 is 2.64 bits per heavy atom. The minimum atomic E-state index is 0.351.